The van der Waals surface area contributed by atoms with Gasteiger partial charge in [0.25, 0.3) is 5.91 Å². The molecule has 2 heterocycles. The Balaban J connectivity index is 1.73. The maximum Gasteiger partial charge on any atom is 0.261 e. The molecule has 110 valence electrons. The number of carbonyl (C=O) groups excluding carboxylic acids is 2. The highest BCUT2D eigenvalue weighted by Gasteiger charge is 2.24. The molecular weight excluding hydrogens is 272 g/mol. The van der Waals surface area contributed by atoms with Crippen molar-refractivity contribution in [2.45, 2.75) is 26.7 Å². The van der Waals surface area contributed by atoms with E-state index in [-0.39, 0.29) is 11.8 Å². The molecule has 2 atom stereocenters. The first-order valence-corrected chi connectivity index (χ1v) is 8.03. The lowest BCUT2D eigenvalue weighted by Gasteiger charge is -2.35. The van der Waals surface area contributed by atoms with Gasteiger partial charge in [-0.3, -0.25) is 9.59 Å². The first kappa shape index (κ1) is 15.0. The highest BCUT2D eigenvalue weighted by Crippen LogP contribution is 2.21. The predicted molar refractivity (Wildman–Crippen MR) is 80.8 cm³/mol. The van der Waals surface area contributed by atoms with Crippen LogP contribution in [0.5, 0.6) is 0 Å². The number of rotatable bonds is 4. The summed E-state index contributed by atoms with van der Waals surface area (Å²) < 4.78 is 0. The fourth-order valence-corrected chi connectivity index (χ4v) is 3.44. The molecular formula is C15H22N2O2S. The highest BCUT2D eigenvalue weighted by molar-refractivity contribution is 7.12. The van der Waals surface area contributed by atoms with Gasteiger partial charge in [0.1, 0.15) is 0 Å². The summed E-state index contributed by atoms with van der Waals surface area (Å²) in [6.45, 7) is 6.49. The standard InChI is InChI=1S/C15H22N2O2S/c1-11-8-12(2)10-17(9-11)14(18)5-6-16-15(19)13-4-3-7-20-13/h3-4,7,11-12H,5-6,8-10H2,1-2H3,(H,16,19)/t11-,12-/m1/s1. The molecule has 0 aliphatic carbocycles. The van der Waals surface area contributed by atoms with Crippen molar-refractivity contribution in [3.05, 3.63) is 22.4 Å². The normalized spacial score (nSPS) is 22.6. The van der Waals surface area contributed by atoms with Gasteiger partial charge in [0, 0.05) is 26.1 Å². The quantitative estimate of drug-likeness (QED) is 0.927. The zero-order chi connectivity index (χ0) is 14.5. The maximum atomic E-state index is 12.1. The van der Waals surface area contributed by atoms with E-state index in [2.05, 4.69) is 19.2 Å². The third-order valence-electron chi connectivity index (χ3n) is 3.59. The molecule has 1 fully saturated rings. The van der Waals surface area contributed by atoms with Gasteiger partial charge in [-0.1, -0.05) is 19.9 Å². The van der Waals surface area contributed by atoms with E-state index in [0.29, 0.717) is 29.7 Å². The minimum atomic E-state index is -0.0896. The van der Waals surface area contributed by atoms with Crippen molar-refractivity contribution in [3.63, 3.8) is 0 Å². The molecule has 2 rings (SSSR count). The van der Waals surface area contributed by atoms with Crippen LogP contribution < -0.4 is 5.32 Å². The number of hydrogen-bond acceptors (Lipinski definition) is 3. The smallest absolute Gasteiger partial charge is 0.261 e. The van der Waals surface area contributed by atoms with E-state index in [9.17, 15) is 9.59 Å². The minimum Gasteiger partial charge on any atom is -0.351 e. The van der Waals surface area contributed by atoms with Gasteiger partial charge in [0.05, 0.1) is 4.88 Å². The fourth-order valence-electron chi connectivity index (χ4n) is 2.80. The zero-order valence-corrected chi connectivity index (χ0v) is 12.9. The second-order valence-electron chi connectivity index (χ2n) is 5.73. The lowest BCUT2D eigenvalue weighted by molar-refractivity contribution is -0.133. The summed E-state index contributed by atoms with van der Waals surface area (Å²) in [5.41, 5.74) is 0. The predicted octanol–water partition coefficient (Wildman–Crippen LogP) is 2.37. The molecule has 1 N–H and O–H groups in total. The molecule has 1 aromatic heterocycles. The third kappa shape index (κ3) is 4.07. The van der Waals surface area contributed by atoms with Crippen LogP contribution in [0.4, 0.5) is 0 Å². The van der Waals surface area contributed by atoms with Crippen molar-refractivity contribution in [1.29, 1.82) is 0 Å². The van der Waals surface area contributed by atoms with Crippen molar-refractivity contribution in [3.8, 4) is 0 Å². The van der Waals surface area contributed by atoms with E-state index in [4.69, 9.17) is 0 Å². The molecule has 1 aliphatic heterocycles. The third-order valence-corrected chi connectivity index (χ3v) is 4.46. The molecule has 20 heavy (non-hydrogen) atoms. The lowest BCUT2D eigenvalue weighted by atomic mass is 9.92. The first-order valence-electron chi connectivity index (χ1n) is 7.15. The van der Waals surface area contributed by atoms with Gasteiger partial charge in [-0.25, -0.2) is 0 Å². The van der Waals surface area contributed by atoms with Gasteiger partial charge in [-0.15, -0.1) is 11.3 Å². The van der Waals surface area contributed by atoms with Crippen LogP contribution in [-0.2, 0) is 4.79 Å². The molecule has 0 bridgehead atoms. The molecule has 5 heteroatoms. The van der Waals surface area contributed by atoms with E-state index in [1.165, 1.54) is 17.8 Å². The molecule has 1 saturated heterocycles. The van der Waals surface area contributed by atoms with Gasteiger partial charge in [0.15, 0.2) is 0 Å². The van der Waals surface area contributed by atoms with E-state index < -0.39 is 0 Å². The number of carbonyl (C=O) groups is 2. The SMILES string of the molecule is C[C@@H]1C[C@@H](C)CN(C(=O)CCNC(=O)c2cccs2)C1. The van der Waals surface area contributed by atoms with E-state index in [1.807, 2.05) is 16.3 Å². The summed E-state index contributed by atoms with van der Waals surface area (Å²) in [6.07, 6.45) is 1.58. The summed E-state index contributed by atoms with van der Waals surface area (Å²) in [5, 5.41) is 4.67. The summed E-state index contributed by atoms with van der Waals surface area (Å²) in [7, 11) is 0. The molecule has 0 saturated carbocycles. The average Bonchev–Trinajstić information content (AvgIpc) is 2.91. The van der Waals surface area contributed by atoms with E-state index >= 15 is 0 Å². The zero-order valence-electron chi connectivity index (χ0n) is 12.1. The molecule has 2 amide bonds. The van der Waals surface area contributed by atoms with Crippen LogP contribution in [0.2, 0.25) is 0 Å². The number of hydrogen-bond donors (Lipinski definition) is 1. The number of nitrogens with one attached hydrogen (secondary N) is 1. The Kier molecular flexibility index (Phi) is 5.17. The highest BCUT2D eigenvalue weighted by atomic mass is 32.1. The van der Waals surface area contributed by atoms with Crippen LogP contribution in [0.15, 0.2) is 17.5 Å². The van der Waals surface area contributed by atoms with Gasteiger partial charge in [-0.05, 0) is 29.7 Å². The summed E-state index contributed by atoms with van der Waals surface area (Å²) in [6, 6.07) is 3.64. The Morgan fingerprint density at radius 2 is 2.05 bits per heavy atom. The van der Waals surface area contributed by atoms with E-state index in [0.717, 1.165) is 13.1 Å². The fraction of sp³-hybridized carbons (Fsp3) is 0.600. The number of thiophene rings is 1. The van der Waals surface area contributed by atoms with Crippen molar-refractivity contribution >= 4 is 23.2 Å². The molecule has 0 unspecified atom stereocenters. The van der Waals surface area contributed by atoms with E-state index in [1.54, 1.807) is 6.07 Å². The first-order chi connectivity index (χ1) is 9.56. The minimum absolute atomic E-state index is 0.0896. The summed E-state index contributed by atoms with van der Waals surface area (Å²) in [5.74, 6) is 1.20. The second-order valence-corrected chi connectivity index (χ2v) is 6.68. The van der Waals surface area contributed by atoms with Crippen LogP contribution in [0.3, 0.4) is 0 Å². The Morgan fingerprint density at radius 3 is 2.65 bits per heavy atom. The van der Waals surface area contributed by atoms with Crippen molar-refractivity contribution < 1.29 is 9.59 Å². The van der Waals surface area contributed by atoms with Crippen molar-refractivity contribution in [2.24, 2.45) is 11.8 Å². The Bertz CT molecular complexity index is 448. The van der Waals surface area contributed by atoms with Crippen molar-refractivity contribution in [2.75, 3.05) is 19.6 Å². The largest absolute Gasteiger partial charge is 0.351 e. The Hall–Kier alpha value is -1.36. The van der Waals surface area contributed by atoms with Gasteiger partial charge < -0.3 is 10.2 Å². The number of likely N-dealkylation sites (tertiary alicyclic amines) is 1. The van der Waals surface area contributed by atoms with Gasteiger partial charge in [-0.2, -0.15) is 0 Å². The molecule has 0 aromatic carbocycles. The molecule has 4 nitrogen and oxygen atoms in total. The summed E-state index contributed by atoms with van der Waals surface area (Å²) >= 11 is 1.41. The number of nitrogens with zero attached hydrogens (tertiary/aromatic N) is 1. The Morgan fingerprint density at radius 1 is 1.35 bits per heavy atom. The lowest BCUT2D eigenvalue weighted by Crippen LogP contribution is -2.43. The maximum absolute atomic E-state index is 12.1. The van der Waals surface area contributed by atoms with Gasteiger partial charge in [0.2, 0.25) is 5.91 Å². The molecule has 0 spiro atoms. The van der Waals surface area contributed by atoms with Crippen LogP contribution >= 0.6 is 11.3 Å². The Labute approximate surface area is 124 Å². The average molecular weight is 294 g/mol. The summed E-state index contributed by atoms with van der Waals surface area (Å²) in [4.78, 5) is 26.5. The number of piperidine rings is 1. The van der Waals surface area contributed by atoms with Crippen molar-refractivity contribution in [1.82, 2.24) is 10.2 Å². The second kappa shape index (κ2) is 6.88. The molecule has 1 aliphatic rings. The van der Waals surface area contributed by atoms with Crippen LogP contribution in [0.25, 0.3) is 0 Å². The van der Waals surface area contributed by atoms with Crippen LogP contribution in [0, 0.1) is 11.8 Å². The molecule has 1 aromatic rings. The van der Waals surface area contributed by atoms with Gasteiger partial charge >= 0.3 is 0 Å². The topological polar surface area (TPSA) is 49.4 Å². The van der Waals surface area contributed by atoms with Crippen LogP contribution in [-0.4, -0.2) is 36.3 Å². The monoisotopic (exact) mass is 294 g/mol. The number of amides is 2. The molecule has 0 radical (unpaired) electrons. The van der Waals surface area contributed by atoms with Crippen LogP contribution in [0.1, 0.15) is 36.4 Å².